The Bertz CT molecular complexity index is 1590. The number of phenols is 1. The van der Waals surface area contributed by atoms with E-state index < -0.39 is 17.5 Å². The molecule has 5 aliphatic rings. The lowest BCUT2D eigenvalue weighted by Crippen LogP contribution is -2.47. The maximum absolute atomic E-state index is 16.8. The van der Waals surface area contributed by atoms with Crippen LogP contribution < -0.4 is 14.4 Å². The molecule has 9 nitrogen and oxygen atoms in total. The fraction of sp³-hybridized carbons (Fsp3) is 0.567. The Balaban J connectivity index is 1.30. The molecule has 1 saturated carbocycles. The lowest BCUT2D eigenvalue weighted by Gasteiger charge is -2.38. The molecule has 1 aliphatic carbocycles. The maximum atomic E-state index is 16.8. The number of phenolic OH excluding ortho intramolecular Hbond substituents is 1. The molecular weight excluding hydrogens is 568 g/mol. The number of halogens is 3. The fourth-order valence-corrected chi connectivity index (χ4v) is 7.75. The zero-order valence-corrected chi connectivity index (χ0v) is 24.0. The average molecular weight is 600 g/mol. The van der Waals surface area contributed by atoms with Crippen LogP contribution in [0, 0.1) is 5.82 Å². The zero-order chi connectivity index (χ0) is 28.7. The molecule has 3 saturated heterocycles. The Kier molecular flexibility index (Phi) is 6.18. The van der Waals surface area contributed by atoms with Crippen molar-refractivity contribution < 1.29 is 28.1 Å². The number of hydrogen-bond donors (Lipinski definition) is 1. The minimum atomic E-state index is -0.897. The van der Waals surface area contributed by atoms with Crippen molar-refractivity contribution >= 4 is 28.3 Å². The molecule has 2 bridgehead atoms. The first kappa shape index (κ1) is 26.6. The molecule has 12 heteroatoms. The van der Waals surface area contributed by atoms with Crippen LogP contribution in [0.3, 0.4) is 0 Å². The van der Waals surface area contributed by atoms with Crippen LogP contribution in [0.4, 0.5) is 14.6 Å². The Hall–Kier alpha value is -3.02. The van der Waals surface area contributed by atoms with E-state index in [-0.39, 0.29) is 53.5 Å². The van der Waals surface area contributed by atoms with Gasteiger partial charge < -0.3 is 24.2 Å². The third kappa shape index (κ3) is 4.26. The van der Waals surface area contributed by atoms with Crippen LogP contribution >= 0.6 is 11.6 Å². The molecule has 1 N–H and O–H groups in total. The number of pyridine rings is 1. The summed E-state index contributed by atoms with van der Waals surface area (Å²) in [6, 6.07) is 2.94. The van der Waals surface area contributed by atoms with Gasteiger partial charge in [-0.05, 0) is 55.8 Å². The van der Waals surface area contributed by atoms with Crippen LogP contribution in [0.1, 0.15) is 50.0 Å². The number of aromatic nitrogens is 3. The van der Waals surface area contributed by atoms with Crippen molar-refractivity contribution in [1.82, 2.24) is 19.9 Å². The molecule has 6 heterocycles. The Morgan fingerprint density at radius 3 is 2.90 bits per heavy atom. The quantitative estimate of drug-likeness (QED) is 0.434. The predicted molar refractivity (Wildman–Crippen MR) is 152 cm³/mol. The Morgan fingerprint density at radius 2 is 2.07 bits per heavy atom. The van der Waals surface area contributed by atoms with Gasteiger partial charge in [-0.3, -0.25) is 4.90 Å². The Labute approximate surface area is 246 Å². The number of nitrogens with zero attached hydrogens (tertiary/aromatic N) is 5. The summed E-state index contributed by atoms with van der Waals surface area (Å²) >= 11 is 6.58. The van der Waals surface area contributed by atoms with E-state index >= 15 is 4.39 Å². The summed E-state index contributed by atoms with van der Waals surface area (Å²) in [5.41, 5.74) is 0.774. The van der Waals surface area contributed by atoms with Gasteiger partial charge in [-0.1, -0.05) is 11.6 Å². The van der Waals surface area contributed by atoms with Crippen LogP contribution in [0.2, 0.25) is 5.02 Å². The summed E-state index contributed by atoms with van der Waals surface area (Å²) in [7, 11) is 1.89. The molecule has 2 unspecified atom stereocenters. The molecule has 3 aromatic rings. The van der Waals surface area contributed by atoms with Gasteiger partial charge in [0, 0.05) is 37.0 Å². The number of aromatic hydroxyl groups is 1. The van der Waals surface area contributed by atoms with Crippen LogP contribution in [0.5, 0.6) is 17.6 Å². The molecule has 2 aromatic heterocycles. The summed E-state index contributed by atoms with van der Waals surface area (Å²) in [5.74, 6) is 0.0368. The fourth-order valence-electron chi connectivity index (χ4n) is 7.38. The second kappa shape index (κ2) is 9.75. The molecular formula is C30H32ClF2N5O4. The smallest absolute Gasteiger partial charge is 0.319 e. The Morgan fingerprint density at radius 1 is 1.21 bits per heavy atom. The van der Waals surface area contributed by atoms with E-state index in [0.29, 0.717) is 54.4 Å². The van der Waals surface area contributed by atoms with E-state index in [4.69, 9.17) is 35.8 Å². The summed E-state index contributed by atoms with van der Waals surface area (Å²) < 4.78 is 49.6. The number of likely N-dealkylation sites (N-methyl/N-ethyl adjacent to an activating group) is 1. The van der Waals surface area contributed by atoms with Crippen molar-refractivity contribution in [2.24, 2.45) is 0 Å². The lowest BCUT2D eigenvalue weighted by molar-refractivity contribution is -0.00648. The molecule has 4 atom stereocenters. The minimum absolute atomic E-state index is 0.000861. The van der Waals surface area contributed by atoms with Gasteiger partial charge in [0.15, 0.2) is 5.82 Å². The van der Waals surface area contributed by atoms with Crippen LogP contribution in [-0.4, -0.2) is 88.8 Å². The van der Waals surface area contributed by atoms with Gasteiger partial charge in [0.1, 0.15) is 47.0 Å². The number of ether oxygens (including phenoxy) is 3. The zero-order valence-electron chi connectivity index (χ0n) is 23.3. The molecule has 8 rings (SSSR count). The van der Waals surface area contributed by atoms with Gasteiger partial charge in [-0.15, -0.1) is 0 Å². The van der Waals surface area contributed by atoms with E-state index in [9.17, 15) is 9.50 Å². The van der Waals surface area contributed by atoms with Gasteiger partial charge in [0.2, 0.25) is 5.88 Å². The number of rotatable bonds is 5. The van der Waals surface area contributed by atoms with Crippen LogP contribution in [-0.2, 0) is 4.74 Å². The minimum Gasteiger partial charge on any atom is -0.508 e. The maximum Gasteiger partial charge on any atom is 0.319 e. The van der Waals surface area contributed by atoms with Gasteiger partial charge >= 0.3 is 6.01 Å². The van der Waals surface area contributed by atoms with Gasteiger partial charge in [-0.2, -0.15) is 9.97 Å². The first-order valence-electron chi connectivity index (χ1n) is 14.7. The highest BCUT2D eigenvalue weighted by atomic mass is 35.5. The highest BCUT2D eigenvalue weighted by Gasteiger charge is 2.49. The monoisotopic (exact) mass is 599 g/mol. The second-order valence-corrected chi connectivity index (χ2v) is 12.8. The summed E-state index contributed by atoms with van der Waals surface area (Å²) in [5, 5.41) is 11.2. The molecule has 1 aromatic carbocycles. The van der Waals surface area contributed by atoms with Gasteiger partial charge in [0.25, 0.3) is 0 Å². The van der Waals surface area contributed by atoms with E-state index in [1.165, 1.54) is 12.1 Å². The van der Waals surface area contributed by atoms with E-state index in [1.807, 2.05) is 11.9 Å². The van der Waals surface area contributed by atoms with Crippen molar-refractivity contribution in [3.8, 4) is 28.9 Å². The third-order valence-electron chi connectivity index (χ3n) is 9.61. The first-order valence-corrected chi connectivity index (χ1v) is 15.1. The topological polar surface area (TPSA) is 93.1 Å². The second-order valence-electron chi connectivity index (χ2n) is 12.4. The van der Waals surface area contributed by atoms with Crippen LogP contribution in [0.15, 0.2) is 12.1 Å². The predicted octanol–water partition coefficient (Wildman–Crippen LogP) is 5.01. The molecule has 4 fully saturated rings. The lowest BCUT2D eigenvalue weighted by atomic mass is 9.95. The standard InChI is InChI=1S/C30H32ClF2N5O4/c1-37-17-7-19(13-40-12-17)42-28-23-26(24(33)25(34-28)20-8-18(39)9-21(31)22(20)15-3-4-15)35-29(36-27(23)37)41-14-30-5-2-6-38(30)11-16(32)10-30/h8-9,15-17,19,39H,2-7,10-14H2,1H3/t16-,17?,19?,30+/m1/s1. The van der Waals surface area contributed by atoms with E-state index in [2.05, 4.69) is 9.88 Å². The van der Waals surface area contributed by atoms with Gasteiger partial charge in [0.05, 0.1) is 24.8 Å². The van der Waals surface area contributed by atoms with Crippen LogP contribution in [0.25, 0.3) is 22.2 Å². The third-order valence-corrected chi connectivity index (χ3v) is 9.92. The summed E-state index contributed by atoms with van der Waals surface area (Å²) in [6.07, 6.45) is 3.54. The van der Waals surface area contributed by atoms with Gasteiger partial charge in [-0.25, -0.2) is 13.8 Å². The van der Waals surface area contributed by atoms with Crippen molar-refractivity contribution in [3.05, 3.63) is 28.5 Å². The molecule has 0 spiro atoms. The average Bonchev–Trinajstić information content (AvgIpc) is 3.65. The SMILES string of the molecule is CN1c2nc(OC[C@@]34CCCN3C[C@H](F)C4)nc3c(F)c(-c4cc(O)cc(Cl)c4C4CC4)nc(c23)OC2COCC1C2. The van der Waals surface area contributed by atoms with E-state index in [0.717, 1.165) is 37.8 Å². The van der Waals surface area contributed by atoms with E-state index in [1.54, 1.807) is 0 Å². The van der Waals surface area contributed by atoms with Crippen molar-refractivity contribution in [1.29, 1.82) is 0 Å². The molecule has 0 radical (unpaired) electrons. The summed E-state index contributed by atoms with van der Waals surface area (Å²) in [6.45, 7) is 2.31. The normalized spacial score (nSPS) is 28.9. The highest BCUT2D eigenvalue weighted by molar-refractivity contribution is 6.32. The summed E-state index contributed by atoms with van der Waals surface area (Å²) in [4.78, 5) is 18.2. The first-order chi connectivity index (χ1) is 20.3. The molecule has 4 aliphatic heterocycles. The van der Waals surface area contributed by atoms with Crippen molar-refractivity contribution in [2.75, 3.05) is 44.9 Å². The highest BCUT2D eigenvalue weighted by Crippen LogP contribution is 2.50. The van der Waals surface area contributed by atoms with Crippen molar-refractivity contribution in [2.45, 2.75) is 68.3 Å². The number of alkyl halides is 1. The largest absolute Gasteiger partial charge is 0.508 e. The number of hydrogen-bond acceptors (Lipinski definition) is 9. The number of fused-ring (bicyclic) bond motifs is 3. The molecule has 42 heavy (non-hydrogen) atoms. The molecule has 222 valence electrons. The van der Waals surface area contributed by atoms with Crippen molar-refractivity contribution in [3.63, 3.8) is 0 Å². The number of benzene rings is 1. The molecule has 0 amide bonds. The number of anilines is 1.